The van der Waals surface area contributed by atoms with Crippen molar-refractivity contribution < 1.29 is 33.3 Å². The van der Waals surface area contributed by atoms with Crippen LogP contribution in [0.1, 0.15) is 50.4 Å². The molecular formula is C22H32O7. The third-order valence-corrected chi connectivity index (χ3v) is 5.49. The van der Waals surface area contributed by atoms with Crippen LogP contribution in [0.15, 0.2) is 12.1 Å². The lowest BCUT2D eigenvalue weighted by Gasteiger charge is -2.36. The number of hydrogen-bond donors (Lipinski definition) is 0. The lowest BCUT2D eigenvalue weighted by atomic mass is 9.75. The molecule has 0 heterocycles. The minimum Gasteiger partial charge on any atom is -0.496 e. The highest BCUT2D eigenvalue weighted by molar-refractivity contribution is 5.94. The first-order valence-electron chi connectivity index (χ1n) is 9.97. The van der Waals surface area contributed by atoms with E-state index in [4.69, 9.17) is 23.7 Å². The fraction of sp³-hybridized carbons (Fsp3) is 0.636. The highest BCUT2D eigenvalue weighted by Gasteiger charge is 2.33. The standard InChI is InChI=1S/C22H32O7/c1-13(2)15-8-7-14(3)9-18(15)29-21(23)12-28-22(24)16-10-19(26-5)20(27-6)11-17(16)25-4/h10-11,13-15,18H,7-9,12H2,1-6H3/t14-,15+,18-/m0/s1. The van der Waals surface area contributed by atoms with Gasteiger partial charge in [0, 0.05) is 12.1 Å². The number of methoxy groups -OCH3 is 3. The van der Waals surface area contributed by atoms with Crippen LogP contribution in [0.5, 0.6) is 17.2 Å². The molecule has 0 aromatic heterocycles. The number of ether oxygens (including phenoxy) is 5. The summed E-state index contributed by atoms with van der Waals surface area (Å²) >= 11 is 0. The molecule has 0 N–H and O–H groups in total. The quantitative estimate of drug-likeness (QED) is 0.604. The van der Waals surface area contributed by atoms with Crippen molar-refractivity contribution in [2.45, 2.75) is 46.1 Å². The molecule has 0 bridgehead atoms. The molecule has 0 aliphatic heterocycles. The van der Waals surface area contributed by atoms with Gasteiger partial charge in [0.1, 0.15) is 17.4 Å². The summed E-state index contributed by atoms with van der Waals surface area (Å²) in [5.41, 5.74) is 0.143. The topological polar surface area (TPSA) is 80.3 Å². The molecule has 7 nitrogen and oxygen atoms in total. The van der Waals surface area contributed by atoms with E-state index in [1.54, 1.807) is 0 Å². The van der Waals surface area contributed by atoms with E-state index >= 15 is 0 Å². The van der Waals surface area contributed by atoms with Gasteiger partial charge >= 0.3 is 11.9 Å². The third-order valence-electron chi connectivity index (χ3n) is 5.49. The predicted octanol–water partition coefficient (Wildman–Crippen LogP) is 3.87. The van der Waals surface area contributed by atoms with E-state index in [9.17, 15) is 9.59 Å². The summed E-state index contributed by atoms with van der Waals surface area (Å²) in [6.45, 7) is 6.00. The van der Waals surface area contributed by atoms with Crippen LogP contribution >= 0.6 is 0 Å². The van der Waals surface area contributed by atoms with Gasteiger partial charge in [0.25, 0.3) is 0 Å². The summed E-state index contributed by atoms with van der Waals surface area (Å²) in [6.07, 6.45) is 2.89. The smallest absolute Gasteiger partial charge is 0.344 e. The van der Waals surface area contributed by atoms with Gasteiger partial charge in [-0.2, -0.15) is 0 Å². The maximum atomic E-state index is 12.5. The van der Waals surface area contributed by atoms with Crippen LogP contribution in [0.3, 0.4) is 0 Å². The molecule has 1 fully saturated rings. The van der Waals surface area contributed by atoms with Gasteiger partial charge in [-0.05, 0) is 30.6 Å². The van der Waals surface area contributed by atoms with Gasteiger partial charge in [0.05, 0.1) is 21.3 Å². The van der Waals surface area contributed by atoms with Gasteiger partial charge in [0.15, 0.2) is 18.1 Å². The Morgan fingerprint density at radius 2 is 1.62 bits per heavy atom. The monoisotopic (exact) mass is 408 g/mol. The molecule has 1 aliphatic rings. The van der Waals surface area contributed by atoms with Gasteiger partial charge in [-0.3, -0.25) is 0 Å². The van der Waals surface area contributed by atoms with E-state index in [1.807, 2.05) is 0 Å². The number of carbonyl (C=O) groups excluding carboxylic acids is 2. The Morgan fingerprint density at radius 3 is 2.21 bits per heavy atom. The molecule has 0 amide bonds. The molecule has 162 valence electrons. The summed E-state index contributed by atoms with van der Waals surface area (Å²) < 4.78 is 26.5. The highest BCUT2D eigenvalue weighted by Crippen LogP contribution is 2.36. The third kappa shape index (κ3) is 5.78. The van der Waals surface area contributed by atoms with E-state index in [0.717, 1.165) is 19.3 Å². The molecule has 1 aliphatic carbocycles. The molecule has 0 unspecified atom stereocenters. The maximum absolute atomic E-state index is 12.5. The normalized spacial score (nSPS) is 21.4. The van der Waals surface area contributed by atoms with Crippen molar-refractivity contribution in [3.63, 3.8) is 0 Å². The first kappa shape index (κ1) is 22.8. The Bertz CT molecular complexity index is 713. The maximum Gasteiger partial charge on any atom is 0.344 e. The van der Waals surface area contributed by atoms with E-state index < -0.39 is 18.5 Å². The van der Waals surface area contributed by atoms with E-state index in [1.165, 1.54) is 33.5 Å². The van der Waals surface area contributed by atoms with Gasteiger partial charge in [-0.15, -0.1) is 0 Å². The van der Waals surface area contributed by atoms with Crippen LogP contribution in [-0.2, 0) is 14.3 Å². The number of benzene rings is 1. The Labute approximate surface area is 172 Å². The van der Waals surface area contributed by atoms with Crippen molar-refractivity contribution in [2.24, 2.45) is 17.8 Å². The van der Waals surface area contributed by atoms with E-state index in [0.29, 0.717) is 29.3 Å². The zero-order valence-electron chi connectivity index (χ0n) is 18.2. The summed E-state index contributed by atoms with van der Waals surface area (Å²) in [7, 11) is 4.39. The summed E-state index contributed by atoms with van der Waals surface area (Å²) in [5, 5.41) is 0. The largest absolute Gasteiger partial charge is 0.496 e. The first-order valence-corrected chi connectivity index (χ1v) is 9.97. The van der Waals surface area contributed by atoms with Crippen LogP contribution in [-0.4, -0.2) is 46.0 Å². The Balaban J connectivity index is 2.02. The number of hydrogen-bond acceptors (Lipinski definition) is 7. The molecule has 1 saturated carbocycles. The van der Waals surface area contributed by atoms with Crippen LogP contribution in [0.25, 0.3) is 0 Å². The number of carbonyl (C=O) groups is 2. The van der Waals surface area contributed by atoms with Crippen LogP contribution < -0.4 is 14.2 Å². The Kier molecular flexibility index (Phi) is 8.17. The van der Waals surface area contributed by atoms with Crippen LogP contribution in [0, 0.1) is 17.8 Å². The van der Waals surface area contributed by atoms with Crippen molar-refractivity contribution in [1.29, 1.82) is 0 Å². The second kappa shape index (κ2) is 10.4. The van der Waals surface area contributed by atoms with Crippen LogP contribution in [0.2, 0.25) is 0 Å². The summed E-state index contributed by atoms with van der Waals surface area (Å²) in [4.78, 5) is 24.8. The van der Waals surface area contributed by atoms with Crippen molar-refractivity contribution >= 4 is 11.9 Å². The Hall–Kier alpha value is -2.44. The molecule has 29 heavy (non-hydrogen) atoms. The lowest BCUT2D eigenvalue weighted by Crippen LogP contribution is -2.36. The van der Waals surface area contributed by atoms with Gasteiger partial charge < -0.3 is 23.7 Å². The van der Waals surface area contributed by atoms with Crippen molar-refractivity contribution in [2.75, 3.05) is 27.9 Å². The molecule has 1 aromatic carbocycles. The zero-order chi connectivity index (χ0) is 21.6. The second-order valence-electron chi connectivity index (χ2n) is 7.84. The fourth-order valence-electron chi connectivity index (χ4n) is 3.84. The van der Waals surface area contributed by atoms with Gasteiger partial charge in [0.2, 0.25) is 0 Å². The molecule has 0 spiro atoms. The van der Waals surface area contributed by atoms with Gasteiger partial charge in [-0.1, -0.05) is 27.2 Å². The van der Waals surface area contributed by atoms with E-state index in [2.05, 4.69) is 20.8 Å². The minimum atomic E-state index is -0.697. The molecule has 1 aromatic rings. The Morgan fingerprint density at radius 1 is 1.00 bits per heavy atom. The molecular weight excluding hydrogens is 376 g/mol. The van der Waals surface area contributed by atoms with Crippen molar-refractivity contribution in [3.8, 4) is 17.2 Å². The average molecular weight is 408 g/mol. The van der Waals surface area contributed by atoms with Crippen LogP contribution in [0.4, 0.5) is 0 Å². The average Bonchev–Trinajstić information content (AvgIpc) is 2.70. The molecule has 0 saturated heterocycles. The molecule has 3 atom stereocenters. The van der Waals surface area contributed by atoms with Crippen molar-refractivity contribution in [3.05, 3.63) is 17.7 Å². The predicted molar refractivity (Wildman–Crippen MR) is 108 cm³/mol. The SMILES string of the molecule is COc1cc(OC)c(C(=O)OCC(=O)O[C@H]2C[C@@H](C)CC[C@@H]2C(C)C)cc1OC. The lowest BCUT2D eigenvalue weighted by molar-refractivity contribution is -0.159. The number of esters is 2. The second-order valence-corrected chi connectivity index (χ2v) is 7.84. The highest BCUT2D eigenvalue weighted by atomic mass is 16.6. The molecule has 0 radical (unpaired) electrons. The molecule has 7 heteroatoms. The van der Waals surface area contributed by atoms with Crippen molar-refractivity contribution in [1.82, 2.24) is 0 Å². The van der Waals surface area contributed by atoms with E-state index in [-0.39, 0.29) is 17.4 Å². The first-order chi connectivity index (χ1) is 13.8. The van der Waals surface area contributed by atoms with Gasteiger partial charge in [-0.25, -0.2) is 9.59 Å². The summed E-state index contributed by atoms with van der Waals surface area (Å²) in [5.74, 6) is 1.09. The fourth-order valence-corrected chi connectivity index (χ4v) is 3.84. The minimum absolute atomic E-state index is 0.138. The summed E-state index contributed by atoms with van der Waals surface area (Å²) in [6, 6.07) is 2.99. The molecule has 2 rings (SSSR count). The zero-order valence-corrected chi connectivity index (χ0v) is 18.2. The number of rotatable bonds is 8.